The molecule has 0 radical (unpaired) electrons. The van der Waals surface area contributed by atoms with Crippen molar-refractivity contribution in [1.82, 2.24) is 4.90 Å². The van der Waals surface area contributed by atoms with Gasteiger partial charge in [0.2, 0.25) is 5.91 Å². The third-order valence-electron chi connectivity index (χ3n) is 4.41. The number of likely N-dealkylation sites (tertiary alicyclic amines) is 1. The number of carbonyl (C=O) groups is 1. The highest BCUT2D eigenvalue weighted by molar-refractivity contribution is 7.12. The van der Waals surface area contributed by atoms with Crippen LogP contribution < -0.4 is 5.73 Å². The summed E-state index contributed by atoms with van der Waals surface area (Å²) in [6.45, 7) is 4.27. The predicted molar refractivity (Wildman–Crippen MR) is 92.7 cm³/mol. The Morgan fingerprint density at radius 3 is 2.58 bits per heavy atom. The van der Waals surface area contributed by atoms with E-state index < -0.39 is 18.1 Å². The topological polar surface area (TPSA) is 46.3 Å². The molecule has 2 unspecified atom stereocenters. The maximum Gasteiger partial charge on any atom is 0.393 e. The van der Waals surface area contributed by atoms with E-state index in [1.807, 2.05) is 0 Å². The zero-order valence-corrected chi connectivity index (χ0v) is 15.5. The minimum atomic E-state index is -4.27. The average molecular weight is 385 g/mol. The van der Waals surface area contributed by atoms with Crippen molar-refractivity contribution >= 4 is 29.7 Å². The Hall–Kier alpha value is -0.790. The Morgan fingerprint density at radius 1 is 1.42 bits per heavy atom. The molecule has 0 aromatic carbocycles. The van der Waals surface area contributed by atoms with Gasteiger partial charge in [0.1, 0.15) is 0 Å². The highest BCUT2D eigenvalue weighted by Crippen LogP contribution is 2.33. The molecule has 3 nitrogen and oxygen atoms in total. The van der Waals surface area contributed by atoms with Crippen LogP contribution in [0.15, 0.2) is 6.07 Å². The summed E-state index contributed by atoms with van der Waals surface area (Å²) >= 11 is 1.74. The monoisotopic (exact) mass is 384 g/mol. The number of hydrogen-bond acceptors (Lipinski definition) is 3. The number of alkyl halides is 3. The number of aryl methyl sites for hydroxylation is 3. The molecule has 0 bridgehead atoms. The van der Waals surface area contributed by atoms with Crippen molar-refractivity contribution < 1.29 is 18.0 Å². The van der Waals surface area contributed by atoms with Crippen LogP contribution in [0, 0.1) is 19.8 Å². The molecule has 138 valence electrons. The Morgan fingerprint density at radius 2 is 2.08 bits per heavy atom. The van der Waals surface area contributed by atoms with Crippen molar-refractivity contribution in [3.05, 3.63) is 21.4 Å². The molecule has 2 heterocycles. The van der Waals surface area contributed by atoms with Crippen molar-refractivity contribution in [3.8, 4) is 0 Å². The van der Waals surface area contributed by atoms with Crippen LogP contribution >= 0.6 is 23.7 Å². The van der Waals surface area contributed by atoms with E-state index in [9.17, 15) is 18.0 Å². The molecule has 0 saturated carbocycles. The van der Waals surface area contributed by atoms with Crippen LogP contribution in [0.3, 0.4) is 0 Å². The molecule has 8 heteroatoms. The second-order valence-electron chi connectivity index (χ2n) is 6.23. The molecule has 24 heavy (non-hydrogen) atoms. The highest BCUT2D eigenvalue weighted by atomic mass is 35.5. The van der Waals surface area contributed by atoms with E-state index in [4.69, 9.17) is 5.73 Å². The first-order valence-electron chi connectivity index (χ1n) is 7.84. The second kappa shape index (κ2) is 8.54. The number of carbonyl (C=O) groups excluding carboxylic acids is 1. The van der Waals surface area contributed by atoms with Gasteiger partial charge in [0, 0.05) is 35.3 Å². The summed E-state index contributed by atoms with van der Waals surface area (Å²) < 4.78 is 38.3. The lowest BCUT2D eigenvalue weighted by Crippen LogP contribution is -2.54. The number of piperidine rings is 1. The first-order valence-corrected chi connectivity index (χ1v) is 8.66. The number of nitrogens with two attached hydrogens (primary N) is 1. The normalized spacial score (nSPS) is 21.5. The number of amides is 1. The van der Waals surface area contributed by atoms with Crippen LogP contribution in [0.25, 0.3) is 0 Å². The van der Waals surface area contributed by atoms with Gasteiger partial charge in [0.25, 0.3) is 0 Å². The van der Waals surface area contributed by atoms with Gasteiger partial charge in [-0.15, -0.1) is 23.7 Å². The van der Waals surface area contributed by atoms with E-state index >= 15 is 0 Å². The largest absolute Gasteiger partial charge is 0.393 e. The van der Waals surface area contributed by atoms with Crippen LogP contribution in [-0.4, -0.2) is 36.1 Å². The molecule has 1 aliphatic heterocycles. The molecule has 1 aliphatic rings. The van der Waals surface area contributed by atoms with E-state index in [0.29, 0.717) is 12.8 Å². The summed E-state index contributed by atoms with van der Waals surface area (Å²) in [4.78, 5) is 16.2. The van der Waals surface area contributed by atoms with Gasteiger partial charge in [0.05, 0.1) is 5.92 Å². The first-order chi connectivity index (χ1) is 10.7. The minimum Gasteiger partial charge on any atom is -0.341 e. The van der Waals surface area contributed by atoms with E-state index in [2.05, 4.69) is 19.9 Å². The Labute approximate surface area is 150 Å². The second-order valence-corrected chi connectivity index (χ2v) is 7.69. The van der Waals surface area contributed by atoms with Gasteiger partial charge < -0.3 is 10.6 Å². The number of halogens is 4. The van der Waals surface area contributed by atoms with Gasteiger partial charge >= 0.3 is 6.18 Å². The number of hydrogen-bond donors (Lipinski definition) is 1. The third kappa shape index (κ3) is 5.36. The van der Waals surface area contributed by atoms with Crippen molar-refractivity contribution in [2.45, 2.75) is 51.7 Å². The molecule has 0 aliphatic carbocycles. The molecule has 2 rings (SSSR count). The molecular formula is C16H24ClF3N2OS. The van der Waals surface area contributed by atoms with Gasteiger partial charge in [-0.2, -0.15) is 13.2 Å². The van der Waals surface area contributed by atoms with Crippen molar-refractivity contribution in [2.75, 3.05) is 13.1 Å². The van der Waals surface area contributed by atoms with E-state index in [0.717, 1.165) is 6.42 Å². The quantitative estimate of drug-likeness (QED) is 0.857. The Bertz CT molecular complexity index is 562. The fourth-order valence-electron chi connectivity index (χ4n) is 3.13. The van der Waals surface area contributed by atoms with Crippen LogP contribution in [0.5, 0.6) is 0 Å². The predicted octanol–water partition coefficient (Wildman–Crippen LogP) is 3.85. The van der Waals surface area contributed by atoms with E-state index in [1.165, 1.54) is 20.2 Å². The van der Waals surface area contributed by atoms with Crippen LogP contribution in [0.2, 0.25) is 0 Å². The van der Waals surface area contributed by atoms with Crippen molar-refractivity contribution in [3.63, 3.8) is 0 Å². The van der Waals surface area contributed by atoms with Crippen LogP contribution in [0.1, 0.15) is 34.6 Å². The average Bonchev–Trinajstić information content (AvgIpc) is 2.75. The molecule has 1 aromatic heterocycles. The third-order valence-corrected chi connectivity index (χ3v) is 5.42. The fourth-order valence-corrected chi connectivity index (χ4v) is 4.11. The van der Waals surface area contributed by atoms with Gasteiger partial charge in [0.15, 0.2) is 0 Å². The molecule has 1 saturated heterocycles. The first kappa shape index (κ1) is 21.3. The molecular weight excluding hydrogens is 361 g/mol. The van der Waals surface area contributed by atoms with Gasteiger partial charge in [-0.05, 0) is 44.7 Å². The van der Waals surface area contributed by atoms with Gasteiger partial charge in [-0.25, -0.2) is 0 Å². The summed E-state index contributed by atoms with van der Waals surface area (Å²) in [6.07, 6.45) is -2.48. The molecule has 0 spiro atoms. The molecule has 1 amide bonds. The zero-order valence-electron chi connectivity index (χ0n) is 13.9. The summed E-state index contributed by atoms with van der Waals surface area (Å²) in [5, 5.41) is 0. The van der Waals surface area contributed by atoms with E-state index in [1.54, 1.807) is 11.3 Å². The van der Waals surface area contributed by atoms with Gasteiger partial charge in [-0.1, -0.05) is 0 Å². The Balaban J connectivity index is 0.00000288. The lowest BCUT2D eigenvalue weighted by molar-refractivity contribution is -0.191. The summed E-state index contributed by atoms with van der Waals surface area (Å²) in [5.41, 5.74) is 6.88. The van der Waals surface area contributed by atoms with Gasteiger partial charge in [-0.3, -0.25) is 4.79 Å². The summed E-state index contributed by atoms with van der Waals surface area (Å²) in [7, 11) is 0. The zero-order chi connectivity index (χ0) is 17.2. The molecule has 2 N–H and O–H groups in total. The van der Waals surface area contributed by atoms with Crippen molar-refractivity contribution in [1.29, 1.82) is 0 Å². The SMILES string of the molecule is Cc1cc(CCCC(=O)N2CCC(C(F)(F)F)C(N)C2)c(C)s1.Cl. The van der Waals surface area contributed by atoms with Crippen LogP contribution in [0.4, 0.5) is 13.2 Å². The molecule has 1 fully saturated rings. The fraction of sp³-hybridized carbons (Fsp3) is 0.688. The lowest BCUT2D eigenvalue weighted by atomic mass is 9.91. The van der Waals surface area contributed by atoms with Crippen molar-refractivity contribution in [2.24, 2.45) is 11.7 Å². The lowest BCUT2D eigenvalue weighted by Gasteiger charge is -2.37. The Kier molecular flexibility index (Phi) is 7.56. The van der Waals surface area contributed by atoms with Crippen LogP contribution in [-0.2, 0) is 11.2 Å². The highest BCUT2D eigenvalue weighted by Gasteiger charge is 2.46. The maximum absolute atomic E-state index is 12.8. The number of nitrogens with zero attached hydrogens (tertiary/aromatic N) is 1. The number of rotatable bonds is 4. The molecule has 1 aromatic rings. The summed E-state index contributed by atoms with van der Waals surface area (Å²) in [6, 6.07) is 1.12. The molecule has 2 atom stereocenters. The minimum absolute atomic E-state index is 0. The van der Waals surface area contributed by atoms with E-state index in [-0.39, 0.29) is 37.8 Å². The smallest absolute Gasteiger partial charge is 0.341 e. The summed E-state index contributed by atoms with van der Waals surface area (Å²) in [5.74, 6) is -1.59. The number of thiophene rings is 1. The maximum atomic E-state index is 12.8. The standard InChI is InChI=1S/C16H23F3N2OS.ClH/c1-10-8-12(11(2)23-10)4-3-5-15(22)21-7-6-13(14(20)9-21)16(17,18)19;/h8,13-14H,3-7,9,20H2,1-2H3;1H.